The Bertz CT molecular complexity index is 884. The number of rotatable bonds is 2. The summed E-state index contributed by atoms with van der Waals surface area (Å²) in [7, 11) is 0. The highest BCUT2D eigenvalue weighted by Gasteiger charge is 2.30. The summed E-state index contributed by atoms with van der Waals surface area (Å²) in [5, 5.41) is 10.4. The van der Waals surface area contributed by atoms with Crippen LogP contribution in [-0.2, 0) is 6.18 Å². The molecule has 5 nitrogen and oxygen atoms in total. The molecule has 1 aromatic rings. The summed E-state index contributed by atoms with van der Waals surface area (Å²) in [6.45, 7) is 2.58. The number of benzene rings is 1. The summed E-state index contributed by atoms with van der Waals surface area (Å²) in [4.78, 5) is 6.64. The van der Waals surface area contributed by atoms with Gasteiger partial charge >= 0.3 is 6.18 Å². The molecule has 0 radical (unpaired) electrons. The highest BCUT2D eigenvalue weighted by Crippen LogP contribution is 2.30. The molecule has 4 rings (SSSR count). The Balaban J connectivity index is 1.50. The van der Waals surface area contributed by atoms with Gasteiger partial charge in [0.15, 0.2) is 0 Å². The molecule has 0 aromatic heterocycles. The number of hydrogen-bond donors (Lipinski definition) is 3. The Hall–Kier alpha value is -2.61. The standard InChI is InChI=1S/C19H19ClF3N5/c20-15-2-1-8-24-18(15)28-9-7-14-16(10-28)25-11-26-17(14)27-13-5-3-12(4-6-13)19(21,22)23/h1-6,24-25H,7-11H2,(H,26,27). The van der Waals surface area contributed by atoms with E-state index in [1.54, 1.807) is 0 Å². The van der Waals surface area contributed by atoms with Crippen LogP contribution in [0.2, 0.25) is 0 Å². The Morgan fingerprint density at radius 2 is 1.93 bits per heavy atom. The molecule has 1 aromatic carbocycles. The number of aliphatic imine (C=N–C) groups is 1. The van der Waals surface area contributed by atoms with Crippen LogP contribution >= 0.6 is 11.6 Å². The third-order valence-electron chi connectivity index (χ3n) is 4.83. The van der Waals surface area contributed by atoms with Crippen molar-refractivity contribution in [2.24, 2.45) is 4.99 Å². The number of amidine groups is 1. The van der Waals surface area contributed by atoms with Crippen molar-refractivity contribution in [1.29, 1.82) is 0 Å². The average molecular weight is 410 g/mol. The molecular weight excluding hydrogens is 391 g/mol. The molecule has 0 aliphatic carbocycles. The average Bonchev–Trinajstić information content (AvgIpc) is 2.68. The molecule has 0 saturated carbocycles. The largest absolute Gasteiger partial charge is 0.416 e. The van der Waals surface area contributed by atoms with Gasteiger partial charge in [0.25, 0.3) is 0 Å². The lowest BCUT2D eigenvalue weighted by atomic mass is 10.0. The van der Waals surface area contributed by atoms with Crippen molar-refractivity contribution >= 4 is 23.1 Å². The SMILES string of the molecule is FC(F)(F)c1ccc(NC2=NCNC3=C2CCN(C2=C(Cl)C=CCN2)C3)cc1. The zero-order valence-corrected chi connectivity index (χ0v) is 15.7. The first kappa shape index (κ1) is 18.7. The number of nitrogens with one attached hydrogen (secondary N) is 3. The molecule has 3 aliphatic heterocycles. The molecule has 0 fully saturated rings. The third kappa shape index (κ3) is 3.82. The molecule has 0 bridgehead atoms. The van der Waals surface area contributed by atoms with Crippen molar-refractivity contribution in [3.05, 3.63) is 64.1 Å². The van der Waals surface area contributed by atoms with E-state index >= 15 is 0 Å². The molecule has 0 spiro atoms. The van der Waals surface area contributed by atoms with Gasteiger partial charge in [-0.05, 0) is 36.8 Å². The van der Waals surface area contributed by atoms with Gasteiger partial charge in [-0.3, -0.25) is 0 Å². The smallest absolute Gasteiger partial charge is 0.368 e. The number of halogens is 4. The molecule has 0 atom stereocenters. The van der Waals surface area contributed by atoms with Crippen molar-refractivity contribution in [3.8, 4) is 0 Å². The summed E-state index contributed by atoms with van der Waals surface area (Å²) in [5.74, 6) is 1.61. The maximum absolute atomic E-state index is 12.7. The quantitative estimate of drug-likeness (QED) is 0.698. The molecular formula is C19H19ClF3N5. The Kier molecular flexibility index (Phi) is 4.97. The fourth-order valence-electron chi connectivity index (χ4n) is 3.43. The van der Waals surface area contributed by atoms with Crippen molar-refractivity contribution in [1.82, 2.24) is 15.5 Å². The van der Waals surface area contributed by atoms with Crippen molar-refractivity contribution in [3.63, 3.8) is 0 Å². The fourth-order valence-corrected chi connectivity index (χ4v) is 3.70. The summed E-state index contributed by atoms with van der Waals surface area (Å²) in [5.41, 5.74) is 2.00. The van der Waals surface area contributed by atoms with E-state index in [0.29, 0.717) is 29.8 Å². The summed E-state index contributed by atoms with van der Waals surface area (Å²) in [6.07, 6.45) is 0.266. The van der Waals surface area contributed by atoms with Crippen LogP contribution in [0.3, 0.4) is 0 Å². The molecule has 0 saturated heterocycles. The number of nitrogens with zero attached hydrogens (tertiary/aromatic N) is 2. The zero-order chi connectivity index (χ0) is 19.7. The van der Waals surface area contributed by atoms with Crippen LogP contribution in [0.4, 0.5) is 18.9 Å². The van der Waals surface area contributed by atoms with E-state index in [1.807, 2.05) is 12.2 Å². The van der Waals surface area contributed by atoms with E-state index in [-0.39, 0.29) is 0 Å². The second-order valence-corrected chi connectivity index (χ2v) is 7.06. The number of alkyl halides is 3. The predicted octanol–water partition coefficient (Wildman–Crippen LogP) is 3.60. The molecule has 0 amide bonds. The number of anilines is 1. The van der Waals surface area contributed by atoms with E-state index in [2.05, 4.69) is 25.8 Å². The molecule has 9 heteroatoms. The topological polar surface area (TPSA) is 51.7 Å². The van der Waals surface area contributed by atoms with Crippen LogP contribution < -0.4 is 16.0 Å². The van der Waals surface area contributed by atoms with Crippen LogP contribution in [0.15, 0.2) is 63.5 Å². The van der Waals surface area contributed by atoms with Gasteiger partial charge in [-0.2, -0.15) is 13.2 Å². The fraction of sp³-hybridized carbons (Fsp3) is 0.316. The number of hydrogen-bond acceptors (Lipinski definition) is 5. The second-order valence-electron chi connectivity index (χ2n) is 6.65. The Morgan fingerprint density at radius 1 is 1.14 bits per heavy atom. The second kappa shape index (κ2) is 7.43. The normalized spacial score (nSPS) is 19.7. The summed E-state index contributed by atoms with van der Waals surface area (Å²) in [6, 6.07) is 4.98. The molecule has 3 N–H and O–H groups in total. The first-order chi connectivity index (χ1) is 13.4. The monoisotopic (exact) mass is 409 g/mol. The van der Waals surface area contributed by atoms with Crippen LogP contribution in [0.1, 0.15) is 12.0 Å². The molecule has 3 aliphatic rings. The molecule has 148 valence electrons. The van der Waals surface area contributed by atoms with Crippen LogP contribution in [0.5, 0.6) is 0 Å². The first-order valence-electron chi connectivity index (χ1n) is 8.92. The minimum atomic E-state index is -4.34. The number of allylic oxidation sites excluding steroid dienone is 2. The highest BCUT2D eigenvalue weighted by atomic mass is 35.5. The van der Waals surface area contributed by atoms with E-state index in [0.717, 1.165) is 48.7 Å². The van der Waals surface area contributed by atoms with E-state index in [1.165, 1.54) is 12.1 Å². The highest BCUT2D eigenvalue weighted by molar-refractivity contribution is 6.31. The van der Waals surface area contributed by atoms with Crippen molar-refractivity contribution in [2.75, 3.05) is 31.6 Å². The van der Waals surface area contributed by atoms with Gasteiger partial charge in [-0.25, -0.2) is 4.99 Å². The molecule has 0 unspecified atom stereocenters. The van der Waals surface area contributed by atoms with E-state index in [9.17, 15) is 13.2 Å². The summed E-state index contributed by atoms with van der Waals surface area (Å²) >= 11 is 6.31. The van der Waals surface area contributed by atoms with Gasteiger partial charge in [0.2, 0.25) is 0 Å². The van der Waals surface area contributed by atoms with E-state index < -0.39 is 11.7 Å². The van der Waals surface area contributed by atoms with Gasteiger partial charge in [0.05, 0.1) is 17.1 Å². The number of dihydropyridines is 1. The summed E-state index contributed by atoms with van der Waals surface area (Å²) < 4.78 is 38.2. The maximum Gasteiger partial charge on any atom is 0.416 e. The van der Waals surface area contributed by atoms with Gasteiger partial charge in [0.1, 0.15) is 18.3 Å². The Morgan fingerprint density at radius 3 is 2.64 bits per heavy atom. The van der Waals surface area contributed by atoms with Crippen LogP contribution in [-0.4, -0.2) is 37.0 Å². The third-order valence-corrected chi connectivity index (χ3v) is 5.13. The lowest BCUT2D eigenvalue weighted by Gasteiger charge is -2.37. The van der Waals surface area contributed by atoms with Gasteiger partial charge < -0.3 is 20.9 Å². The minimum Gasteiger partial charge on any atom is -0.368 e. The maximum atomic E-state index is 12.7. The lowest BCUT2D eigenvalue weighted by molar-refractivity contribution is -0.137. The van der Waals surface area contributed by atoms with Crippen molar-refractivity contribution in [2.45, 2.75) is 12.6 Å². The van der Waals surface area contributed by atoms with Gasteiger partial charge in [0, 0.05) is 30.0 Å². The first-order valence-corrected chi connectivity index (χ1v) is 9.30. The lowest BCUT2D eigenvalue weighted by Crippen LogP contribution is -2.44. The molecule has 28 heavy (non-hydrogen) atoms. The van der Waals surface area contributed by atoms with Crippen LogP contribution in [0.25, 0.3) is 0 Å². The van der Waals surface area contributed by atoms with Gasteiger partial charge in [-0.1, -0.05) is 17.7 Å². The van der Waals surface area contributed by atoms with Crippen molar-refractivity contribution < 1.29 is 13.2 Å². The Labute approximate surface area is 165 Å². The minimum absolute atomic E-state index is 0.412. The van der Waals surface area contributed by atoms with Gasteiger partial charge in [-0.15, -0.1) is 0 Å². The van der Waals surface area contributed by atoms with E-state index in [4.69, 9.17) is 11.6 Å². The zero-order valence-electron chi connectivity index (χ0n) is 14.9. The van der Waals surface area contributed by atoms with Crippen LogP contribution in [0, 0.1) is 0 Å². The predicted molar refractivity (Wildman–Crippen MR) is 104 cm³/mol. The molecule has 3 heterocycles.